The van der Waals surface area contributed by atoms with Crippen molar-refractivity contribution in [3.8, 4) is 0 Å². The summed E-state index contributed by atoms with van der Waals surface area (Å²) in [6.45, 7) is 5.27. The summed E-state index contributed by atoms with van der Waals surface area (Å²) in [4.78, 5) is 25.6. The Labute approximate surface area is 129 Å². The summed E-state index contributed by atoms with van der Waals surface area (Å²) in [6.07, 6.45) is 1.45. The highest BCUT2D eigenvalue weighted by molar-refractivity contribution is 6.01. The first-order valence-corrected chi connectivity index (χ1v) is 7.58. The van der Waals surface area contributed by atoms with Crippen LogP contribution in [0, 0.1) is 11.7 Å². The quantitative estimate of drug-likeness (QED) is 0.876. The Morgan fingerprint density at radius 2 is 2.05 bits per heavy atom. The number of rotatable bonds is 5. The minimum Gasteiger partial charge on any atom is -0.338 e. The number of carbonyl (C=O) groups is 2. The van der Waals surface area contributed by atoms with Gasteiger partial charge in [0.2, 0.25) is 5.91 Å². The van der Waals surface area contributed by atoms with Gasteiger partial charge >= 0.3 is 6.03 Å². The molecule has 2 N–H and O–H groups in total. The second-order valence-corrected chi connectivity index (χ2v) is 5.89. The number of anilines is 1. The molecule has 2 rings (SSSR count). The van der Waals surface area contributed by atoms with E-state index in [1.807, 2.05) is 0 Å². The van der Waals surface area contributed by atoms with E-state index >= 15 is 0 Å². The van der Waals surface area contributed by atoms with Crippen molar-refractivity contribution in [2.24, 2.45) is 5.92 Å². The Balaban J connectivity index is 1.86. The van der Waals surface area contributed by atoms with Gasteiger partial charge in [-0.05, 0) is 43.0 Å². The molecule has 0 aromatic heterocycles. The van der Waals surface area contributed by atoms with E-state index in [0.717, 1.165) is 6.42 Å². The van der Waals surface area contributed by atoms with Crippen molar-refractivity contribution >= 4 is 17.6 Å². The maximum absolute atomic E-state index is 12.9. The van der Waals surface area contributed by atoms with Gasteiger partial charge in [0.05, 0.1) is 0 Å². The standard InChI is InChI=1S/C16H22FN3O2/c1-11(2)7-9-18-16(22)19-14-8-10-20(15(14)21)13-5-3-12(17)4-6-13/h3-6,11,14H,7-10H2,1-2H3,(H2,18,19,22). The highest BCUT2D eigenvalue weighted by Gasteiger charge is 2.33. The molecule has 3 amide bonds. The molecule has 22 heavy (non-hydrogen) atoms. The van der Waals surface area contributed by atoms with E-state index in [2.05, 4.69) is 24.5 Å². The summed E-state index contributed by atoms with van der Waals surface area (Å²) in [6, 6.07) is 4.93. The fourth-order valence-electron chi connectivity index (χ4n) is 2.37. The summed E-state index contributed by atoms with van der Waals surface area (Å²) in [5.41, 5.74) is 0.649. The number of carbonyl (C=O) groups excluding carboxylic acids is 2. The maximum atomic E-state index is 12.9. The Hall–Kier alpha value is -2.11. The molecule has 1 aromatic carbocycles. The highest BCUT2D eigenvalue weighted by Crippen LogP contribution is 2.21. The summed E-state index contributed by atoms with van der Waals surface area (Å²) in [5, 5.41) is 5.45. The van der Waals surface area contributed by atoms with Gasteiger partial charge in [0.25, 0.3) is 0 Å². The number of benzene rings is 1. The molecule has 0 radical (unpaired) electrons. The minimum absolute atomic E-state index is 0.161. The van der Waals surface area contributed by atoms with Gasteiger partial charge < -0.3 is 15.5 Å². The van der Waals surface area contributed by atoms with Crippen LogP contribution in [-0.4, -0.2) is 31.1 Å². The molecule has 1 unspecified atom stereocenters. The molecule has 0 spiro atoms. The van der Waals surface area contributed by atoms with Crippen molar-refractivity contribution in [2.75, 3.05) is 18.0 Å². The van der Waals surface area contributed by atoms with Crippen LogP contribution in [0.1, 0.15) is 26.7 Å². The molecular weight excluding hydrogens is 285 g/mol. The number of halogens is 1. The van der Waals surface area contributed by atoms with Crippen molar-refractivity contribution in [3.63, 3.8) is 0 Å². The third-order valence-corrected chi connectivity index (χ3v) is 3.66. The number of amides is 3. The first-order chi connectivity index (χ1) is 10.5. The van der Waals surface area contributed by atoms with E-state index in [0.29, 0.717) is 31.1 Å². The van der Waals surface area contributed by atoms with Gasteiger partial charge in [0.15, 0.2) is 0 Å². The molecule has 1 aromatic rings. The lowest BCUT2D eigenvalue weighted by atomic mass is 10.1. The predicted octanol–water partition coefficient (Wildman–Crippen LogP) is 2.28. The third-order valence-electron chi connectivity index (χ3n) is 3.66. The van der Waals surface area contributed by atoms with Gasteiger partial charge in [-0.2, -0.15) is 0 Å². The molecule has 0 bridgehead atoms. The molecule has 0 aliphatic carbocycles. The fourth-order valence-corrected chi connectivity index (χ4v) is 2.37. The van der Waals surface area contributed by atoms with Crippen LogP contribution in [0.2, 0.25) is 0 Å². The van der Waals surface area contributed by atoms with Crippen LogP contribution >= 0.6 is 0 Å². The number of hydrogen-bond acceptors (Lipinski definition) is 2. The molecule has 1 saturated heterocycles. The van der Waals surface area contributed by atoms with E-state index in [1.165, 1.54) is 12.1 Å². The Kier molecular flexibility index (Phi) is 5.35. The molecule has 0 saturated carbocycles. The average Bonchev–Trinajstić information content (AvgIpc) is 2.81. The lowest BCUT2D eigenvalue weighted by Crippen LogP contribution is -2.46. The van der Waals surface area contributed by atoms with Crippen LogP contribution in [-0.2, 0) is 4.79 Å². The predicted molar refractivity (Wildman–Crippen MR) is 83.1 cm³/mol. The van der Waals surface area contributed by atoms with E-state index in [1.54, 1.807) is 17.0 Å². The van der Waals surface area contributed by atoms with Crippen LogP contribution in [0.5, 0.6) is 0 Å². The van der Waals surface area contributed by atoms with Crippen LogP contribution in [0.25, 0.3) is 0 Å². The van der Waals surface area contributed by atoms with Crippen LogP contribution < -0.4 is 15.5 Å². The molecule has 1 fully saturated rings. The van der Waals surface area contributed by atoms with Crippen molar-refractivity contribution in [2.45, 2.75) is 32.7 Å². The normalized spacial score (nSPS) is 17.9. The number of urea groups is 1. The Bertz CT molecular complexity index is 531. The lowest BCUT2D eigenvalue weighted by Gasteiger charge is -2.17. The van der Waals surface area contributed by atoms with E-state index in [4.69, 9.17) is 0 Å². The second-order valence-electron chi connectivity index (χ2n) is 5.89. The molecule has 5 nitrogen and oxygen atoms in total. The number of nitrogens with zero attached hydrogens (tertiary/aromatic N) is 1. The van der Waals surface area contributed by atoms with E-state index in [-0.39, 0.29) is 17.8 Å². The van der Waals surface area contributed by atoms with Crippen molar-refractivity contribution in [3.05, 3.63) is 30.1 Å². The van der Waals surface area contributed by atoms with Crippen LogP contribution in [0.3, 0.4) is 0 Å². The average molecular weight is 307 g/mol. The lowest BCUT2D eigenvalue weighted by molar-refractivity contribution is -0.118. The highest BCUT2D eigenvalue weighted by atomic mass is 19.1. The molecular formula is C16H22FN3O2. The van der Waals surface area contributed by atoms with Crippen molar-refractivity contribution < 1.29 is 14.0 Å². The fraction of sp³-hybridized carbons (Fsp3) is 0.500. The molecule has 120 valence electrons. The van der Waals surface area contributed by atoms with Gasteiger partial charge in [-0.25, -0.2) is 9.18 Å². The Morgan fingerprint density at radius 1 is 1.36 bits per heavy atom. The van der Waals surface area contributed by atoms with Crippen molar-refractivity contribution in [1.29, 1.82) is 0 Å². The number of hydrogen-bond donors (Lipinski definition) is 2. The molecule has 1 aliphatic heterocycles. The molecule has 1 aliphatic rings. The largest absolute Gasteiger partial charge is 0.338 e. The van der Waals surface area contributed by atoms with E-state index in [9.17, 15) is 14.0 Å². The summed E-state index contributed by atoms with van der Waals surface area (Å²) in [5.74, 6) is 0.0163. The molecule has 1 atom stereocenters. The van der Waals surface area contributed by atoms with E-state index < -0.39 is 6.04 Å². The minimum atomic E-state index is -0.524. The zero-order valence-corrected chi connectivity index (χ0v) is 12.9. The maximum Gasteiger partial charge on any atom is 0.315 e. The smallest absolute Gasteiger partial charge is 0.315 e. The zero-order valence-electron chi connectivity index (χ0n) is 12.9. The van der Waals surface area contributed by atoms with Crippen molar-refractivity contribution in [1.82, 2.24) is 10.6 Å². The van der Waals surface area contributed by atoms with Gasteiger partial charge in [0.1, 0.15) is 11.9 Å². The van der Waals surface area contributed by atoms with Gasteiger partial charge in [-0.3, -0.25) is 4.79 Å². The summed E-state index contributed by atoms with van der Waals surface area (Å²) >= 11 is 0. The van der Waals surface area contributed by atoms with Gasteiger partial charge in [0, 0.05) is 18.8 Å². The first-order valence-electron chi connectivity index (χ1n) is 7.58. The van der Waals surface area contributed by atoms with Crippen LogP contribution in [0.4, 0.5) is 14.9 Å². The summed E-state index contributed by atoms with van der Waals surface area (Å²) in [7, 11) is 0. The second kappa shape index (κ2) is 7.24. The summed E-state index contributed by atoms with van der Waals surface area (Å²) < 4.78 is 12.9. The third kappa shape index (κ3) is 4.19. The molecule has 1 heterocycles. The Morgan fingerprint density at radius 3 is 2.68 bits per heavy atom. The number of nitrogens with one attached hydrogen (secondary N) is 2. The van der Waals surface area contributed by atoms with Gasteiger partial charge in [-0.15, -0.1) is 0 Å². The zero-order chi connectivity index (χ0) is 16.1. The first kappa shape index (κ1) is 16.3. The van der Waals surface area contributed by atoms with Gasteiger partial charge in [-0.1, -0.05) is 13.8 Å². The molecule has 6 heteroatoms. The SMILES string of the molecule is CC(C)CCNC(=O)NC1CCN(c2ccc(F)cc2)C1=O. The topological polar surface area (TPSA) is 61.4 Å². The van der Waals surface area contributed by atoms with Crippen LogP contribution in [0.15, 0.2) is 24.3 Å². The monoisotopic (exact) mass is 307 g/mol.